The van der Waals surface area contributed by atoms with Crippen LogP contribution < -0.4 is 16.0 Å². The summed E-state index contributed by atoms with van der Waals surface area (Å²) < 4.78 is 0. The third kappa shape index (κ3) is 4.10. The summed E-state index contributed by atoms with van der Waals surface area (Å²) in [6.07, 6.45) is 2.13. The van der Waals surface area contributed by atoms with Gasteiger partial charge in [-0.15, -0.1) is 0 Å². The summed E-state index contributed by atoms with van der Waals surface area (Å²) in [4.78, 5) is 11.1. The maximum absolute atomic E-state index is 11.1. The number of aliphatic hydroxyl groups is 1. The Hall–Kier alpha value is -0.810. The van der Waals surface area contributed by atoms with E-state index in [0.717, 1.165) is 25.9 Å². The van der Waals surface area contributed by atoms with Crippen LogP contribution in [0, 0.1) is 0 Å². The zero-order valence-corrected chi connectivity index (χ0v) is 7.68. The van der Waals surface area contributed by atoms with E-state index in [1.165, 1.54) is 0 Å². The Balaban J connectivity index is 2.11. The third-order valence-corrected chi connectivity index (χ3v) is 2.03. The van der Waals surface area contributed by atoms with Gasteiger partial charge in [0.2, 0.25) is 0 Å². The van der Waals surface area contributed by atoms with Crippen LogP contribution in [0.4, 0.5) is 4.79 Å². The number of aliphatic hydroxyl groups excluding tert-OH is 1. The van der Waals surface area contributed by atoms with Gasteiger partial charge in [-0.1, -0.05) is 0 Å². The lowest BCUT2D eigenvalue weighted by molar-refractivity contribution is 0.228. The van der Waals surface area contributed by atoms with E-state index in [1.807, 2.05) is 0 Å². The second-order valence-corrected chi connectivity index (χ2v) is 3.17. The van der Waals surface area contributed by atoms with Gasteiger partial charge in [-0.2, -0.15) is 0 Å². The molecular formula is C8H17N3O2. The summed E-state index contributed by atoms with van der Waals surface area (Å²) in [7, 11) is 0. The molecule has 0 radical (unpaired) electrons. The first kappa shape index (κ1) is 10.3. The zero-order valence-electron chi connectivity index (χ0n) is 7.68. The van der Waals surface area contributed by atoms with Crippen LogP contribution in [0.3, 0.4) is 0 Å². The standard InChI is InChI=1S/C8H17N3O2/c12-5-4-10-8(13)11-7-2-1-3-9-6-7/h7,9,12H,1-6H2,(H2,10,11,13). The average Bonchev–Trinajstić information content (AvgIpc) is 2.16. The first-order valence-electron chi connectivity index (χ1n) is 4.69. The molecule has 0 spiro atoms. The van der Waals surface area contributed by atoms with E-state index in [9.17, 15) is 4.79 Å². The van der Waals surface area contributed by atoms with Gasteiger partial charge in [0.25, 0.3) is 0 Å². The molecule has 0 aromatic rings. The second-order valence-electron chi connectivity index (χ2n) is 3.17. The van der Waals surface area contributed by atoms with E-state index in [0.29, 0.717) is 6.54 Å². The molecule has 76 valence electrons. The molecule has 1 rings (SSSR count). The highest BCUT2D eigenvalue weighted by atomic mass is 16.3. The summed E-state index contributed by atoms with van der Waals surface area (Å²) in [6.45, 7) is 2.17. The number of rotatable bonds is 3. The molecule has 0 aromatic heterocycles. The minimum absolute atomic E-state index is 0.0175. The van der Waals surface area contributed by atoms with E-state index in [2.05, 4.69) is 16.0 Å². The first-order chi connectivity index (χ1) is 6.33. The number of amides is 2. The van der Waals surface area contributed by atoms with Crippen molar-refractivity contribution in [2.24, 2.45) is 0 Å². The number of nitrogens with one attached hydrogen (secondary N) is 3. The fourth-order valence-electron chi connectivity index (χ4n) is 1.38. The van der Waals surface area contributed by atoms with Crippen LogP contribution in [0.15, 0.2) is 0 Å². The van der Waals surface area contributed by atoms with E-state index in [1.54, 1.807) is 0 Å². The normalized spacial score (nSPS) is 22.4. The summed E-state index contributed by atoms with van der Waals surface area (Å²) in [5.74, 6) is 0. The van der Waals surface area contributed by atoms with Gasteiger partial charge in [-0.3, -0.25) is 0 Å². The van der Waals surface area contributed by atoms with E-state index < -0.39 is 0 Å². The number of hydrogen-bond donors (Lipinski definition) is 4. The molecule has 4 N–H and O–H groups in total. The van der Waals surface area contributed by atoms with Crippen LogP contribution in [0.1, 0.15) is 12.8 Å². The fraction of sp³-hybridized carbons (Fsp3) is 0.875. The van der Waals surface area contributed by atoms with Crippen molar-refractivity contribution in [2.75, 3.05) is 26.2 Å². The van der Waals surface area contributed by atoms with Gasteiger partial charge in [-0.05, 0) is 19.4 Å². The Bertz CT molecular complexity index is 157. The average molecular weight is 187 g/mol. The van der Waals surface area contributed by atoms with Crippen molar-refractivity contribution < 1.29 is 9.90 Å². The van der Waals surface area contributed by atoms with Crippen LogP contribution in [0.25, 0.3) is 0 Å². The van der Waals surface area contributed by atoms with E-state index in [4.69, 9.17) is 5.11 Å². The Morgan fingerprint density at radius 2 is 2.46 bits per heavy atom. The van der Waals surface area contributed by atoms with Gasteiger partial charge in [0.15, 0.2) is 0 Å². The van der Waals surface area contributed by atoms with Crippen LogP contribution in [-0.2, 0) is 0 Å². The van der Waals surface area contributed by atoms with Crippen molar-refractivity contribution in [2.45, 2.75) is 18.9 Å². The molecule has 1 heterocycles. The highest BCUT2D eigenvalue weighted by Gasteiger charge is 2.14. The maximum Gasteiger partial charge on any atom is 0.315 e. The van der Waals surface area contributed by atoms with Crippen molar-refractivity contribution in [1.82, 2.24) is 16.0 Å². The maximum atomic E-state index is 11.1. The molecule has 0 bridgehead atoms. The number of carbonyl (C=O) groups is 1. The topological polar surface area (TPSA) is 73.4 Å². The molecule has 1 atom stereocenters. The lowest BCUT2D eigenvalue weighted by Gasteiger charge is -2.23. The largest absolute Gasteiger partial charge is 0.395 e. The highest BCUT2D eigenvalue weighted by Crippen LogP contribution is 2.00. The second kappa shape index (κ2) is 5.77. The lowest BCUT2D eigenvalue weighted by Crippen LogP contribution is -2.49. The molecule has 0 aliphatic carbocycles. The Kier molecular flexibility index (Phi) is 4.56. The number of carbonyl (C=O) groups excluding carboxylic acids is 1. The SMILES string of the molecule is O=C(NCCO)NC1CCCNC1. The highest BCUT2D eigenvalue weighted by molar-refractivity contribution is 5.74. The first-order valence-corrected chi connectivity index (χ1v) is 4.69. The van der Waals surface area contributed by atoms with Gasteiger partial charge in [0, 0.05) is 19.1 Å². The smallest absolute Gasteiger partial charge is 0.315 e. The molecule has 1 unspecified atom stereocenters. The summed E-state index contributed by atoms with van der Waals surface area (Å²) in [5.41, 5.74) is 0. The van der Waals surface area contributed by atoms with Crippen LogP contribution >= 0.6 is 0 Å². The van der Waals surface area contributed by atoms with Gasteiger partial charge in [0.1, 0.15) is 0 Å². The Morgan fingerprint density at radius 1 is 1.62 bits per heavy atom. The molecular weight excluding hydrogens is 170 g/mol. The monoisotopic (exact) mass is 187 g/mol. The predicted molar refractivity (Wildman–Crippen MR) is 49.5 cm³/mol. The minimum Gasteiger partial charge on any atom is -0.395 e. The van der Waals surface area contributed by atoms with Gasteiger partial charge in [0.05, 0.1) is 6.61 Å². The predicted octanol–water partition coefficient (Wildman–Crippen LogP) is -0.970. The summed E-state index contributed by atoms with van der Waals surface area (Å²) in [5, 5.41) is 17.1. The summed E-state index contributed by atoms with van der Waals surface area (Å²) in [6, 6.07) is 0.0372. The molecule has 13 heavy (non-hydrogen) atoms. The number of hydrogen-bond acceptors (Lipinski definition) is 3. The van der Waals surface area contributed by atoms with Crippen molar-refractivity contribution in [1.29, 1.82) is 0 Å². The van der Waals surface area contributed by atoms with Crippen molar-refractivity contribution >= 4 is 6.03 Å². The van der Waals surface area contributed by atoms with Gasteiger partial charge < -0.3 is 21.1 Å². The minimum atomic E-state index is -0.192. The molecule has 2 amide bonds. The van der Waals surface area contributed by atoms with E-state index in [-0.39, 0.29) is 18.7 Å². The molecule has 1 aliphatic rings. The lowest BCUT2D eigenvalue weighted by atomic mass is 10.1. The molecule has 1 saturated heterocycles. The third-order valence-electron chi connectivity index (χ3n) is 2.03. The molecule has 5 heteroatoms. The van der Waals surface area contributed by atoms with Crippen molar-refractivity contribution in [3.8, 4) is 0 Å². The summed E-state index contributed by atoms with van der Waals surface area (Å²) >= 11 is 0. The molecule has 5 nitrogen and oxygen atoms in total. The molecule has 1 fully saturated rings. The van der Waals surface area contributed by atoms with Gasteiger partial charge >= 0.3 is 6.03 Å². The Morgan fingerprint density at radius 3 is 3.08 bits per heavy atom. The zero-order chi connectivity index (χ0) is 9.52. The molecule has 1 aliphatic heterocycles. The number of urea groups is 1. The van der Waals surface area contributed by atoms with Crippen molar-refractivity contribution in [3.05, 3.63) is 0 Å². The molecule has 0 saturated carbocycles. The molecule has 0 aromatic carbocycles. The number of piperidine rings is 1. The van der Waals surface area contributed by atoms with Crippen LogP contribution in [0.2, 0.25) is 0 Å². The van der Waals surface area contributed by atoms with Crippen molar-refractivity contribution in [3.63, 3.8) is 0 Å². The fourth-order valence-corrected chi connectivity index (χ4v) is 1.38. The van der Waals surface area contributed by atoms with Crippen LogP contribution in [0.5, 0.6) is 0 Å². The van der Waals surface area contributed by atoms with Gasteiger partial charge in [-0.25, -0.2) is 4.79 Å². The quantitative estimate of drug-likeness (QED) is 0.459. The van der Waals surface area contributed by atoms with Crippen LogP contribution in [-0.4, -0.2) is 43.4 Å². The Labute approximate surface area is 77.9 Å². The van der Waals surface area contributed by atoms with E-state index >= 15 is 0 Å².